The van der Waals surface area contributed by atoms with Crippen LogP contribution in [0, 0.1) is 5.92 Å². The largest absolute Gasteiger partial charge is 0.481 e. The minimum atomic E-state index is -0.858. The molecule has 1 aliphatic rings. The Morgan fingerprint density at radius 1 is 1.37 bits per heavy atom. The first-order chi connectivity index (χ1) is 8.78. The summed E-state index contributed by atoms with van der Waals surface area (Å²) < 4.78 is 10.8. The van der Waals surface area contributed by atoms with E-state index in [1.807, 2.05) is 13.8 Å². The first kappa shape index (κ1) is 16.4. The highest BCUT2D eigenvalue weighted by Crippen LogP contribution is 2.32. The molecule has 0 aliphatic heterocycles. The van der Waals surface area contributed by atoms with Crippen molar-refractivity contribution in [1.82, 2.24) is 0 Å². The third-order valence-corrected chi connectivity index (χ3v) is 4.04. The molecular formula is C14H26O5. The maximum Gasteiger partial charge on any atom is 0.306 e. The molecule has 2 N–H and O–H groups in total. The van der Waals surface area contributed by atoms with E-state index in [2.05, 4.69) is 0 Å². The van der Waals surface area contributed by atoms with Gasteiger partial charge in [-0.2, -0.15) is 0 Å². The van der Waals surface area contributed by atoms with E-state index in [0.29, 0.717) is 32.3 Å². The Hall–Kier alpha value is -0.650. The number of carboxylic acid groups (broad SMARTS) is 1. The van der Waals surface area contributed by atoms with Gasteiger partial charge in [0.25, 0.3) is 0 Å². The first-order valence-corrected chi connectivity index (χ1v) is 6.86. The minimum Gasteiger partial charge on any atom is -0.481 e. The van der Waals surface area contributed by atoms with Crippen molar-refractivity contribution < 1.29 is 24.5 Å². The monoisotopic (exact) mass is 274 g/mol. The van der Waals surface area contributed by atoms with Gasteiger partial charge in [-0.05, 0) is 46.0 Å². The van der Waals surface area contributed by atoms with Crippen LogP contribution < -0.4 is 0 Å². The predicted octanol–water partition coefficient (Wildman–Crippen LogP) is 1.82. The molecule has 0 aromatic heterocycles. The van der Waals surface area contributed by atoms with E-state index in [4.69, 9.17) is 14.6 Å². The van der Waals surface area contributed by atoms with Gasteiger partial charge in [-0.15, -0.1) is 0 Å². The van der Waals surface area contributed by atoms with Crippen molar-refractivity contribution in [3.8, 4) is 0 Å². The molecule has 0 aromatic rings. The van der Waals surface area contributed by atoms with Crippen LogP contribution >= 0.6 is 0 Å². The highest BCUT2D eigenvalue weighted by atomic mass is 16.5. The molecule has 5 nitrogen and oxygen atoms in total. The Kier molecular flexibility index (Phi) is 5.77. The molecule has 1 saturated carbocycles. The van der Waals surface area contributed by atoms with E-state index < -0.39 is 11.6 Å². The highest BCUT2D eigenvalue weighted by molar-refractivity contribution is 5.70. The van der Waals surface area contributed by atoms with E-state index in [-0.39, 0.29) is 18.1 Å². The average molecular weight is 274 g/mol. The summed E-state index contributed by atoms with van der Waals surface area (Å²) in [6.45, 7) is 4.79. The van der Waals surface area contributed by atoms with Crippen molar-refractivity contribution in [2.24, 2.45) is 5.92 Å². The summed E-state index contributed by atoms with van der Waals surface area (Å²) in [5.74, 6) is -1.07. The van der Waals surface area contributed by atoms with Gasteiger partial charge in [0, 0.05) is 13.7 Å². The average Bonchev–Trinajstić information content (AvgIpc) is 2.35. The fourth-order valence-electron chi connectivity index (χ4n) is 2.23. The Morgan fingerprint density at radius 2 is 1.95 bits per heavy atom. The SMILES string of the molecule is COC(C)(C)CCOCC1(O)CCC(C(=O)O)CC1. The molecule has 5 heteroatoms. The molecule has 0 radical (unpaired) electrons. The van der Waals surface area contributed by atoms with Gasteiger partial charge in [0.15, 0.2) is 0 Å². The van der Waals surface area contributed by atoms with Gasteiger partial charge in [0.2, 0.25) is 0 Å². The van der Waals surface area contributed by atoms with Crippen LogP contribution in [-0.2, 0) is 14.3 Å². The Labute approximate surface area is 114 Å². The number of aliphatic carboxylic acids is 1. The topological polar surface area (TPSA) is 76.0 Å². The molecule has 1 aliphatic carbocycles. The Morgan fingerprint density at radius 3 is 2.42 bits per heavy atom. The van der Waals surface area contributed by atoms with Crippen LogP contribution in [0.25, 0.3) is 0 Å². The maximum atomic E-state index is 10.8. The molecule has 1 rings (SSSR count). The molecule has 0 amide bonds. The lowest BCUT2D eigenvalue weighted by atomic mass is 9.79. The Bertz CT molecular complexity index is 292. The van der Waals surface area contributed by atoms with Gasteiger partial charge < -0.3 is 19.7 Å². The highest BCUT2D eigenvalue weighted by Gasteiger charge is 2.36. The van der Waals surface area contributed by atoms with Crippen molar-refractivity contribution in [3.05, 3.63) is 0 Å². The predicted molar refractivity (Wildman–Crippen MR) is 71.1 cm³/mol. The minimum absolute atomic E-state index is 0.219. The van der Waals surface area contributed by atoms with Crippen molar-refractivity contribution in [3.63, 3.8) is 0 Å². The number of rotatable bonds is 7. The molecule has 0 atom stereocenters. The maximum absolute atomic E-state index is 10.8. The lowest BCUT2D eigenvalue weighted by Gasteiger charge is -2.34. The standard InChI is InChI=1S/C14H26O5/c1-13(2,18-3)8-9-19-10-14(17)6-4-11(5-7-14)12(15)16/h11,17H,4-10H2,1-3H3,(H,15,16). The van der Waals surface area contributed by atoms with Crippen LogP contribution in [0.1, 0.15) is 46.0 Å². The molecule has 0 saturated heterocycles. The normalized spacial score (nSPS) is 28.3. The third kappa shape index (κ3) is 5.47. The van der Waals surface area contributed by atoms with E-state index in [1.165, 1.54) is 0 Å². The second-order valence-corrected chi connectivity index (χ2v) is 6.10. The summed E-state index contributed by atoms with van der Waals surface area (Å²) in [5.41, 5.74) is -1.08. The summed E-state index contributed by atoms with van der Waals surface area (Å²) in [5, 5.41) is 19.2. The van der Waals surface area contributed by atoms with E-state index in [9.17, 15) is 9.90 Å². The van der Waals surface area contributed by atoms with Crippen molar-refractivity contribution in [2.45, 2.75) is 57.2 Å². The summed E-state index contributed by atoms with van der Waals surface area (Å²) in [6.07, 6.45) is 2.81. The van der Waals surface area contributed by atoms with Crippen LogP contribution in [0.4, 0.5) is 0 Å². The number of carboxylic acids is 1. The van der Waals surface area contributed by atoms with E-state index >= 15 is 0 Å². The van der Waals surface area contributed by atoms with Gasteiger partial charge in [-0.3, -0.25) is 4.79 Å². The number of ether oxygens (including phenoxy) is 2. The zero-order valence-electron chi connectivity index (χ0n) is 12.1. The van der Waals surface area contributed by atoms with Gasteiger partial charge in [0.1, 0.15) is 0 Å². The molecular weight excluding hydrogens is 248 g/mol. The molecule has 0 spiro atoms. The van der Waals surface area contributed by atoms with E-state index in [1.54, 1.807) is 7.11 Å². The summed E-state index contributed by atoms with van der Waals surface area (Å²) in [7, 11) is 1.67. The fraction of sp³-hybridized carbons (Fsp3) is 0.929. The Balaban J connectivity index is 2.24. The van der Waals surface area contributed by atoms with Crippen molar-refractivity contribution >= 4 is 5.97 Å². The quantitative estimate of drug-likeness (QED) is 0.693. The second kappa shape index (κ2) is 6.68. The van der Waals surface area contributed by atoms with Gasteiger partial charge in [-0.1, -0.05) is 0 Å². The number of hydrogen-bond acceptors (Lipinski definition) is 4. The van der Waals surface area contributed by atoms with Crippen LogP contribution in [0.3, 0.4) is 0 Å². The molecule has 0 aromatic carbocycles. The lowest BCUT2D eigenvalue weighted by molar-refractivity contribution is -0.146. The molecule has 0 heterocycles. The molecule has 19 heavy (non-hydrogen) atoms. The van der Waals surface area contributed by atoms with Crippen molar-refractivity contribution in [2.75, 3.05) is 20.3 Å². The van der Waals surface area contributed by atoms with Gasteiger partial charge in [-0.25, -0.2) is 0 Å². The molecule has 0 unspecified atom stereocenters. The van der Waals surface area contributed by atoms with Crippen LogP contribution in [-0.4, -0.2) is 47.7 Å². The number of methoxy groups -OCH3 is 1. The second-order valence-electron chi connectivity index (χ2n) is 6.10. The fourth-order valence-corrected chi connectivity index (χ4v) is 2.23. The smallest absolute Gasteiger partial charge is 0.306 e. The number of carbonyl (C=O) groups is 1. The number of aliphatic hydroxyl groups is 1. The molecule has 112 valence electrons. The molecule has 1 fully saturated rings. The van der Waals surface area contributed by atoms with Crippen molar-refractivity contribution in [1.29, 1.82) is 0 Å². The summed E-state index contributed by atoms with van der Waals surface area (Å²) >= 11 is 0. The van der Waals surface area contributed by atoms with Crippen LogP contribution in [0.15, 0.2) is 0 Å². The van der Waals surface area contributed by atoms with Crippen LogP contribution in [0.5, 0.6) is 0 Å². The van der Waals surface area contributed by atoms with Gasteiger partial charge in [0.05, 0.1) is 23.7 Å². The molecule has 0 bridgehead atoms. The zero-order chi connectivity index (χ0) is 14.5. The zero-order valence-corrected chi connectivity index (χ0v) is 12.1. The van der Waals surface area contributed by atoms with Crippen LogP contribution in [0.2, 0.25) is 0 Å². The summed E-state index contributed by atoms with van der Waals surface area (Å²) in [4.78, 5) is 10.8. The first-order valence-electron chi connectivity index (χ1n) is 6.86. The summed E-state index contributed by atoms with van der Waals surface area (Å²) in [6, 6.07) is 0. The number of hydrogen-bond donors (Lipinski definition) is 2. The third-order valence-electron chi connectivity index (χ3n) is 4.04. The van der Waals surface area contributed by atoms with Gasteiger partial charge >= 0.3 is 5.97 Å². The van der Waals surface area contributed by atoms with E-state index in [0.717, 1.165) is 6.42 Å². The lowest BCUT2D eigenvalue weighted by Crippen LogP contribution is -2.40.